The maximum Gasteiger partial charge on any atom is 0.148 e. The molecule has 6 rings (SSSR count). The Bertz CT molecular complexity index is 1080. The van der Waals surface area contributed by atoms with Crippen LogP contribution in [0.2, 0.25) is 0 Å². The van der Waals surface area contributed by atoms with Crippen LogP contribution in [0.5, 0.6) is 0 Å². The molecule has 3 aliphatic rings. The van der Waals surface area contributed by atoms with Crippen molar-refractivity contribution >= 4 is 28.4 Å². The van der Waals surface area contributed by atoms with E-state index in [0.717, 1.165) is 37.0 Å². The molecule has 1 saturated heterocycles. The second-order valence-corrected chi connectivity index (χ2v) is 9.93. The number of nitrogens with zero attached hydrogens (tertiary/aromatic N) is 3. The molecule has 0 unspecified atom stereocenters. The Balaban J connectivity index is 1.15. The second kappa shape index (κ2) is 7.57. The Labute approximate surface area is 180 Å². The van der Waals surface area contributed by atoms with E-state index in [-0.39, 0.29) is 5.82 Å². The van der Waals surface area contributed by atoms with Gasteiger partial charge in [-0.1, -0.05) is 24.3 Å². The normalized spacial score (nSPS) is 23.4. The number of hydrogen-bond donors (Lipinski definition) is 1. The highest BCUT2D eigenvalue weighted by Crippen LogP contribution is 2.50. The number of para-hydroxylation sites is 2. The van der Waals surface area contributed by atoms with Crippen LogP contribution in [-0.2, 0) is 6.42 Å². The molecule has 0 bridgehead atoms. The summed E-state index contributed by atoms with van der Waals surface area (Å²) < 4.78 is 13.9. The number of aromatic amines is 1. The van der Waals surface area contributed by atoms with E-state index in [4.69, 9.17) is 0 Å². The molecule has 1 aromatic heterocycles. The lowest BCUT2D eigenvalue weighted by molar-refractivity contribution is 0.191. The quantitative estimate of drug-likeness (QED) is 0.655. The lowest BCUT2D eigenvalue weighted by Crippen LogP contribution is -2.46. The van der Waals surface area contributed by atoms with Crippen molar-refractivity contribution in [2.75, 3.05) is 36.8 Å². The zero-order chi connectivity index (χ0) is 20.1. The largest absolute Gasteiger partial charge is 0.367 e. The highest BCUT2D eigenvalue weighted by molar-refractivity contribution is 7.99. The van der Waals surface area contributed by atoms with Gasteiger partial charge in [-0.25, -0.2) is 4.39 Å². The summed E-state index contributed by atoms with van der Waals surface area (Å²) in [6.45, 7) is 4.61. The molecule has 0 saturated carbocycles. The van der Waals surface area contributed by atoms with E-state index in [1.54, 1.807) is 17.3 Å². The van der Waals surface area contributed by atoms with E-state index in [9.17, 15) is 4.39 Å². The highest BCUT2D eigenvalue weighted by atomic mass is 32.2. The van der Waals surface area contributed by atoms with Crippen molar-refractivity contribution in [1.29, 1.82) is 0 Å². The minimum absolute atomic E-state index is 0.219. The van der Waals surface area contributed by atoms with Crippen molar-refractivity contribution < 1.29 is 4.39 Å². The van der Waals surface area contributed by atoms with Gasteiger partial charge in [-0.15, -0.1) is 11.8 Å². The van der Waals surface area contributed by atoms with Crippen LogP contribution in [-0.4, -0.2) is 53.1 Å². The number of halogens is 1. The number of benzene rings is 2. The fourth-order valence-electron chi connectivity index (χ4n) is 5.73. The number of H-pyrrole nitrogens is 1. The number of thioether (sulfide) groups is 1. The van der Waals surface area contributed by atoms with Gasteiger partial charge in [-0.2, -0.15) is 5.10 Å². The number of nitrogens with one attached hydrogen (secondary N) is 1. The molecular formula is C24H27FN4S. The van der Waals surface area contributed by atoms with Crippen molar-refractivity contribution in [2.24, 2.45) is 0 Å². The summed E-state index contributed by atoms with van der Waals surface area (Å²) in [5.74, 6) is 1.65. The van der Waals surface area contributed by atoms with Crippen LogP contribution in [0, 0.1) is 5.82 Å². The number of hydrogen-bond acceptors (Lipinski definition) is 4. The summed E-state index contributed by atoms with van der Waals surface area (Å²) in [7, 11) is 0. The molecule has 1 N–H and O–H groups in total. The van der Waals surface area contributed by atoms with Gasteiger partial charge in [0.15, 0.2) is 0 Å². The topological polar surface area (TPSA) is 35.2 Å². The summed E-state index contributed by atoms with van der Waals surface area (Å²) >= 11 is 2.04. The molecule has 4 nitrogen and oxygen atoms in total. The molecule has 4 heterocycles. The standard InChI is InChI=1S/C24H27FN4S/c25-19-7-1-6-17-20(26-27-23(17)19)8-3-11-28-13-10-21-18(15-28)16-5-2-9-22-24(16)29(21)12-4-14-30-22/h1-2,5-7,9,18,21H,3-4,8,10-15H2,(H,26,27)/t18-,21-/m0/s1. The van der Waals surface area contributed by atoms with E-state index >= 15 is 0 Å². The fraction of sp³-hybridized carbons (Fsp3) is 0.458. The van der Waals surface area contributed by atoms with E-state index < -0.39 is 0 Å². The van der Waals surface area contributed by atoms with Gasteiger partial charge in [0.2, 0.25) is 0 Å². The van der Waals surface area contributed by atoms with Crippen molar-refractivity contribution in [3.8, 4) is 0 Å². The first kappa shape index (κ1) is 18.7. The van der Waals surface area contributed by atoms with Gasteiger partial charge in [0.05, 0.1) is 11.4 Å². The van der Waals surface area contributed by atoms with Crippen LogP contribution in [0.1, 0.15) is 36.4 Å². The van der Waals surface area contributed by atoms with E-state index in [2.05, 4.69) is 38.2 Å². The number of fused-ring (bicyclic) bond motifs is 4. The van der Waals surface area contributed by atoms with Crippen molar-refractivity contribution in [3.63, 3.8) is 0 Å². The zero-order valence-electron chi connectivity index (χ0n) is 17.1. The van der Waals surface area contributed by atoms with Gasteiger partial charge in [0.25, 0.3) is 0 Å². The molecule has 3 aromatic rings. The summed E-state index contributed by atoms with van der Waals surface area (Å²) in [5.41, 5.74) is 4.64. The molecule has 0 aliphatic carbocycles. The molecule has 1 fully saturated rings. The SMILES string of the molecule is Fc1cccc2c(CCCN3CC[C@H]4[C@@H](C3)c3cccc5c3N4CCCS5)n[nH]c12. The number of aromatic nitrogens is 2. The lowest BCUT2D eigenvalue weighted by Gasteiger charge is -2.39. The maximum absolute atomic E-state index is 13.9. The average molecular weight is 423 g/mol. The van der Waals surface area contributed by atoms with Crippen LogP contribution in [0.15, 0.2) is 41.3 Å². The predicted octanol–water partition coefficient (Wildman–Crippen LogP) is 4.81. The third kappa shape index (κ3) is 3.04. The summed E-state index contributed by atoms with van der Waals surface area (Å²) in [5, 5.41) is 8.17. The molecule has 2 aromatic carbocycles. The van der Waals surface area contributed by atoms with E-state index in [1.165, 1.54) is 42.6 Å². The number of anilines is 1. The predicted molar refractivity (Wildman–Crippen MR) is 121 cm³/mol. The van der Waals surface area contributed by atoms with Crippen LogP contribution < -0.4 is 4.90 Å². The Hall–Kier alpha value is -2.05. The first-order valence-electron chi connectivity index (χ1n) is 11.2. The number of likely N-dealkylation sites (tertiary alicyclic amines) is 1. The minimum Gasteiger partial charge on any atom is -0.367 e. The molecule has 156 valence electrons. The molecule has 6 heteroatoms. The summed E-state index contributed by atoms with van der Waals surface area (Å²) in [6.07, 6.45) is 4.47. The van der Waals surface area contributed by atoms with Crippen molar-refractivity contribution in [3.05, 3.63) is 53.5 Å². The molecule has 0 amide bonds. The third-order valence-corrected chi connectivity index (χ3v) is 8.23. The maximum atomic E-state index is 13.9. The summed E-state index contributed by atoms with van der Waals surface area (Å²) in [4.78, 5) is 6.86. The third-order valence-electron chi connectivity index (χ3n) is 7.09. The zero-order valence-corrected chi connectivity index (χ0v) is 17.9. The van der Waals surface area contributed by atoms with Crippen LogP contribution in [0.4, 0.5) is 10.1 Å². The van der Waals surface area contributed by atoms with Gasteiger partial charge in [0.1, 0.15) is 11.3 Å². The van der Waals surface area contributed by atoms with Crippen molar-refractivity contribution in [1.82, 2.24) is 15.1 Å². The molecule has 3 aliphatic heterocycles. The second-order valence-electron chi connectivity index (χ2n) is 8.79. The molecular weight excluding hydrogens is 395 g/mol. The van der Waals surface area contributed by atoms with Crippen LogP contribution >= 0.6 is 11.8 Å². The molecule has 0 radical (unpaired) electrons. The summed E-state index contributed by atoms with van der Waals surface area (Å²) in [6, 6.07) is 12.8. The van der Waals surface area contributed by atoms with Gasteiger partial charge in [-0.3, -0.25) is 5.10 Å². The van der Waals surface area contributed by atoms with Crippen LogP contribution in [0.3, 0.4) is 0 Å². The molecule has 30 heavy (non-hydrogen) atoms. The van der Waals surface area contributed by atoms with Gasteiger partial charge in [0, 0.05) is 41.9 Å². The monoisotopic (exact) mass is 422 g/mol. The Morgan fingerprint density at radius 3 is 3.07 bits per heavy atom. The number of rotatable bonds is 4. The molecule has 2 atom stereocenters. The van der Waals surface area contributed by atoms with E-state index in [1.807, 2.05) is 17.8 Å². The smallest absolute Gasteiger partial charge is 0.148 e. The lowest BCUT2D eigenvalue weighted by atomic mass is 9.89. The first-order chi connectivity index (χ1) is 14.8. The first-order valence-corrected chi connectivity index (χ1v) is 12.1. The Kier molecular flexibility index (Phi) is 4.72. The minimum atomic E-state index is -0.219. The number of aryl methyl sites for hydroxylation is 1. The van der Waals surface area contributed by atoms with Crippen molar-refractivity contribution in [2.45, 2.75) is 42.5 Å². The Morgan fingerprint density at radius 1 is 1.17 bits per heavy atom. The van der Waals surface area contributed by atoms with Gasteiger partial charge >= 0.3 is 0 Å². The van der Waals surface area contributed by atoms with Crippen LogP contribution in [0.25, 0.3) is 10.9 Å². The van der Waals surface area contributed by atoms with Gasteiger partial charge in [-0.05, 0) is 55.7 Å². The Morgan fingerprint density at radius 2 is 2.10 bits per heavy atom. The molecule has 0 spiro atoms. The highest BCUT2D eigenvalue weighted by Gasteiger charge is 2.43. The van der Waals surface area contributed by atoms with Gasteiger partial charge < -0.3 is 9.80 Å². The number of piperidine rings is 1. The fourth-order valence-corrected chi connectivity index (χ4v) is 6.77. The van der Waals surface area contributed by atoms with E-state index in [0.29, 0.717) is 17.5 Å². The average Bonchev–Trinajstić information content (AvgIpc) is 3.23.